The summed E-state index contributed by atoms with van der Waals surface area (Å²) in [5.41, 5.74) is 3.46. The van der Waals surface area contributed by atoms with Gasteiger partial charge in [-0.25, -0.2) is 13.1 Å². The SMILES string of the molecule is CNS(=O)(=O)c1ccc(NCCc2cccc(C)c2)cc1. The Morgan fingerprint density at radius 3 is 2.38 bits per heavy atom. The molecule has 0 aromatic heterocycles. The molecule has 0 aliphatic rings. The van der Waals surface area contributed by atoms with E-state index in [4.69, 9.17) is 0 Å². The van der Waals surface area contributed by atoms with Crippen molar-refractivity contribution in [3.8, 4) is 0 Å². The van der Waals surface area contributed by atoms with Crippen LogP contribution in [0.5, 0.6) is 0 Å². The van der Waals surface area contributed by atoms with Gasteiger partial charge in [0, 0.05) is 12.2 Å². The quantitative estimate of drug-likeness (QED) is 0.862. The van der Waals surface area contributed by atoms with Gasteiger partial charge in [-0.1, -0.05) is 29.8 Å². The second-order valence-corrected chi connectivity index (χ2v) is 6.78. The van der Waals surface area contributed by atoms with Crippen molar-refractivity contribution in [1.29, 1.82) is 0 Å². The molecule has 0 heterocycles. The largest absolute Gasteiger partial charge is 0.385 e. The average molecular weight is 304 g/mol. The van der Waals surface area contributed by atoms with Crippen molar-refractivity contribution in [3.63, 3.8) is 0 Å². The van der Waals surface area contributed by atoms with Crippen LogP contribution in [0.1, 0.15) is 11.1 Å². The van der Waals surface area contributed by atoms with Gasteiger partial charge in [-0.3, -0.25) is 0 Å². The van der Waals surface area contributed by atoms with Crippen LogP contribution in [-0.2, 0) is 16.4 Å². The second kappa shape index (κ2) is 6.74. The van der Waals surface area contributed by atoms with Crippen LogP contribution in [0.4, 0.5) is 5.69 Å². The van der Waals surface area contributed by atoms with Crippen molar-refractivity contribution in [1.82, 2.24) is 4.72 Å². The van der Waals surface area contributed by atoms with E-state index in [-0.39, 0.29) is 4.90 Å². The molecule has 4 nitrogen and oxygen atoms in total. The molecule has 0 unspecified atom stereocenters. The molecule has 0 aliphatic heterocycles. The summed E-state index contributed by atoms with van der Waals surface area (Å²) in [7, 11) is -1.95. The highest BCUT2D eigenvalue weighted by Gasteiger charge is 2.09. The van der Waals surface area contributed by atoms with Gasteiger partial charge in [-0.2, -0.15) is 0 Å². The van der Waals surface area contributed by atoms with Crippen molar-refractivity contribution in [2.75, 3.05) is 18.9 Å². The number of benzene rings is 2. The minimum Gasteiger partial charge on any atom is -0.385 e. The lowest BCUT2D eigenvalue weighted by Gasteiger charge is -2.08. The van der Waals surface area contributed by atoms with E-state index in [0.717, 1.165) is 18.7 Å². The lowest BCUT2D eigenvalue weighted by Crippen LogP contribution is -2.18. The first-order chi connectivity index (χ1) is 10.0. The minimum atomic E-state index is -3.36. The van der Waals surface area contributed by atoms with Gasteiger partial charge in [0.2, 0.25) is 10.0 Å². The zero-order chi connectivity index (χ0) is 15.3. The fourth-order valence-electron chi connectivity index (χ4n) is 2.09. The molecule has 0 bridgehead atoms. The van der Waals surface area contributed by atoms with Crippen molar-refractivity contribution < 1.29 is 8.42 Å². The molecule has 0 amide bonds. The summed E-state index contributed by atoms with van der Waals surface area (Å²) < 4.78 is 25.5. The van der Waals surface area contributed by atoms with E-state index < -0.39 is 10.0 Å². The molecule has 0 atom stereocenters. The highest BCUT2D eigenvalue weighted by Crippen LogP contribution is 2.14. The highest BCUT2D eigenvalue weighted by atomic mass is 32.2. The number of hydrogen-bond acceptors (Lipinski definition) is 3. The molecule has 2 aromatic rings. The Morgan fingerprint density at radius 1 is 1.05 bits per heavy atom. The van der Waals surface area contributed by atoms with E-state index in [2.05, 4.69) is 41.2 Å². The molecule has 0 radical (unpaired) electrons. The van der Waals surface area contributed by atoms with Crippen LogP contribution in [0.3, 0.4) is 0 Å². The first kappa shape index (κ1) is 15.5. The first-order valence-corrected chi connectivity index (χ1v) is 8.32. The van der Waals surface area contributed by atoms with Crippen molar-refractivity contribution >= 4 is 15.7 Å². The maximum Gasteiger partial charge on any atom is 0.240 e. The van der Waals surface area contributed by atoms with Gasteiger partial charge in [0.05, 0.1) is 4.90 Å². The molecule has 2 aromatic carbocycles. The summed E-state index contributed by atoms with van der Waals surface area (Å²) in [6.45, 7) is 2.89. The third-order valence-corrected chi connectivity index (χ3v) is 4.69. The third-order valence-electron chi connectivity index (χ3n) is 3.26. The van der Waals surface area contributed by atoms with Gasteiger partial charge in [0.1, 0.15) is 0 Å². The van der Waals surface area contributed by atoms with E-state index >= 15 is 0 Å². The Hall–Kier alpha value is -1.85. The molecule has 0 saturated carbocycles. The number of hydrogen-bond donors (Lipinski definition) is 2. The molecule has 112 valence electrons. The van der Waals surface area contributed by atoms with Gasteiger partial charge < -0.3 is 5.32 Å². The number of anilines is 1. The second-order valence-electron chi connectivity index (χ2n) is 4.90. The van der Waals surface area contributed by atoms with Crippen LogP contribution in [-0.4, -0.2) is 22.0 Å². The third kappa shape index (κ3) is 4.31. The minimum absolute atomic E-state index is 0.272. The number of nitrogens with one attached hydrogen (secondary N) is 2. The van der Waals surface area contributed by atoms with E-state index in [9.17, 15) is 8.42 Å². The van der Waals surface area contributed by atoms with Gasteiger partial charge in [0.25, 0.3) is 0 Å². The Morgan fingerprint density at radius 2 is 1.76 bits per heavy atom. The molecule has 5 heteroatoms. The summed E-state index contributed by atoms with van der Waals surface area (Å²) in [4.78, 5) is 0.272. The zero-order valence-electron chi connectivity index (χ0n) is 12.3. The Kier molecular flexibility index (Phi) is 4.98. The van der Waals surface area contributed by atoms with Crippen LogP contribution < -0.4 is 10.0 Å². The maximum atomic E-state index is 11.6. The standard InChI is InChI=1S/C16H20N2O2S/c1-13-4-3-5-14(12-13)10-11-18-15-6-8-16(9-7-15)21(19,20)17-2/h3-9,12,17-18H,10-11H2,1-2H3. The molecule has 0 saturated heterocycles. The smallest absolute Gasteiger partial charge is 0.240 e. The summed E-state index contributed by atoms with van der Waals surface area (Å²) in [5.74, 6) is 0. The van der Waals surface area contributed by atoms with E-state index in [1.54, 1.807) is 24.3 Å². The molecule has 21 heavy (non-hydrogen) atoms. The highest BCUT2D eigenvalue weighted by molar-refractivity contribution is 7.89. The normalized spacial score (nSPS) is 11.3. The van der Waals surface area contributed by atoms with E-state index in [1.807, 2.05) is 0 Å². The van der Waals surface area contributed by atoms with Crippen LogP contribution >= 0.6 is 0 Å². The van der Waals surface area contributed by atoms with Crippen molar-refractivity contribution in [2.24, 2.45) is 0 Å². The van der Waals surface area contributed by atoms with Crippen LogP contribution in [0.2, 0.25) is 0 Å². The van der Waals surface area contributed by atoms with E-state index in [0.29, 0.717) is 0 Å². The number of sulfonamides is 1. The Balaban J connectivity index is 1.92. The van der Waals surface area contributed by atoms with Crippen molar-refractivity contribution in [2.45, 2.75) is 18.2 Å². The molecule has 2 rings (SSSR count). The monoisotopic (exact) mass is 304 g/mol. The van der Waals surface area contributed by atoms with Crippen LogP contribution in [0.15, 0.2) is 53.4 Å². The predicted molar refractivity (Wildman–Crippen MR) is 86.1 cm³/mol. The van der Waals surface area contributed by atoms with Gasteiger partial charge in [-0.05, 0) is 50.2 Å². The predicted octanol–water partition coefficient (Wildman–Crippen LogP) is 2.56. The van der Waals surface area contributed by atoms with Gasteiger partial charge >= 0.3 is 0 Å². The summed E-state index contributed by atoms with van der Waals surface area (Å²) in [6.07, 6.45) is 0.929. The zero-order valence-corrected chi connectivity index (χ0v) is 13.1. The summed E-state index contributed by atoms with van der Waals surface area (Å²) in [5, 5.41) is 3.29. The molecular weight excluding hydrogens is 284 g/mol. The fourth-order valence-corrected chi connectivity index (χ4v) is 2.82. The van der Waals surface area contributed by atoms with Gasteiger partial charge in [-0.15, -0.1) is 0 Å². The molecular formula is C16H20N2O2S. The fraction of sp³-hybridized carbons (Fsp3) is 0.250. The number of aryl methyl sites for hydroxylation is 1. The lowest BCUT2D eigenvalue weighted by molar-refractivity contribution is 0.588. The topological polar surface area (TPSA) is 58.2 Å². The van der Waals surface area contributed by atoms with E-state index in [1.165, 1.54) is 18.2 Å². The average Bonchev–Trinajstić information content (AvgIpc) is 2.48. The number of rotatable bonds is 6. The first-order valence-electron chi connectivity index (χ1n) is 6.84. The molecule has 0 spiro atoms. The van der Waals surface area contributed by atoms with Gasteiger partial charge in [0.15, 0.2) is 0 Å². The maximum absolute atomic E-state index is 11.6. The Bertz CT molecular complexity index is 694. The summed E-state index contributed by atoms with van der Waals surface area (Å²) >= 11 is 0. The molecule has 0 aliphatic carbocycles. The van der Waals surface area contributed by atoms with Crippen LogP contribution in [0, 0.1) is 6.92 Å². The summed E-state index contributed by atoms with van der Waals surface area (Å²) in [6, 6.07) is 15.2. The van der Waals surface area contributed by atoms with Crippen molar-refractivity contribution in [3.05, 3.63) is 59.7 Å². The van der Waals surface area contributed by atoms with Crippen LogP contribution in [0.25, 0.3) is 0 Å². The molecule has 2 N–H and O–H groups in total. The lowest BCUT2D eigenvalue weighted by atomic mass is 10.1. The molecule has 0 fully saturated rings. The Labute approximate surface area is 126 Å².